The summed E-state index contributed by atoms with van der Waals surface area (Å²) in [6, 6.07) is 12.8. The van der Waals surface area contributed by atoms with Crippen LogP contribution in [0.25, 0.3) is 5.52 Å². The van der Waals surface area contributed by atoms with E-state index in [0.717, 1.165) is 5.52 Å². The SMILES string of the molecule is O=C(Nc1ccn2nccc2c1)C1COc2ccccc2O1. The number of benzene rings is 1. The fraction of sp³-hybridized carbons (Fsp3) is 0.125. The first-order chi connectivity index (χ1) is 10.8. The fourth-order valence-electron chi connectivity index (χ4n) is 2.37. The molecule has 110 valence electrons. The number of para-hydroxylation sites is 2. The van der Waals surface area contributed by atoms with Gasteiger partial charge >= 0.3 is 0 Å². The lowest BCUT2D eigenvalue weighted by Crippen LogP contribution is -2.40. The van der Waals surface area contributed by atoms with Crippen LogP contribution in [0.4, 0.5) is 5.69 Å². The Balaban J connectivity index is 1.50. The number of aromatic nitrogens is 2. The van der Waals surface area contributed by atoms with Gasteiger partial charge in [-0.1, -0.05) is 12.1 Å². The molecule has 0 spiro atoms. The molecule has 1 amide bonds. The fourth-order valence-corrected chi connectivity index (χ4v) is 2.37. The van der Waals surface area contributed by atoms with E-state index in [1.54, 1.807) is 29.0 Å². The zero-order chi connectivity index (χ0) is 14.9. The molecule has 0 fully saturated rings. The van der Waals surface area contributed by atoms with Crippen molar-refractivity contribution in [3.63, 3.8) is 0 Å². The van der Waals surface area contributed by atoms with E-state index in [1.165, 1.54) is 0 Å². The zero-order valence-corrected chi connectivity index (χ0v) is 11.6. The molecule has 1 unspecified atom stereocenters. The first-order valence-corrected chi connectivity index (χ1v) is 6.92. The van der Waals surface area contributed by atoms with Crippen molar-refractivity contribution in [2.45, 2.75) is 6.10 Å². The number of amides is 1. The highest BCUT2D eigenvalue weighted by Gasteiger charge is 2.27. The Morgan fingerprint density at radius 3 is 3.00 bits per heavy atom. The average molecular weight is 295 g/mol. The normalized spacial score (nSPS) is 16.5. The van der Waals surface area contributed by atoms with Crippen molar-refractivity contribution in [1.29, 1.82) is 0 Å². The molecule has 1 atom stereocenters. The maximum Gasteiger partial charge on any atom is 0.269 e. The Morgan fingerprint density at radius 1 is 1.23 bits per heavy atom. The van der Waals surface area contributed by atoms with Gasteiger partial charge in [-0.25, -0.2) is 4.52 Å². The topological polar surface area (TPSA) is 64.9 Å². The van der Waals surface area contributed by atoms with Gasteiger partial charge in [-0.05, 0) is 30.3 Å². The van der Waals surface area contributed by atoms with Crippen LogP contribution in [0, 0.1) is 0 Å². The van der Waals surface area contributed by atoms with Crippen LogP contribution in [0.3, 0.4) is 0 Å². The minimum Gasteiger partial charge on any atom is -0.485 e. The summed E-state index contributed by atoms with van der Waals surface area (Å²) in [5, 5.41) is 6.95. The Kier molecular flexibility index (Phi) is 2.93. The molecule has 1 aromatic carbocycles. The van der Waals surface area contributed by atoms with Gasteiger partial charge in [-0.3, -0.25) is 4.79 Å². The van der Waals surface area contributed by atoms with Crippen molar-refractivity contribution < 1.29 is 14.3 Å². The van der Waals surface area contributed by atoms with Crippen LogP contribution in [0.2, 0.25) is 0 Å². The molecule has 1 aliphatic heterocycles. The molecule has 6 nitrogen and oxygen atoms in total. The van der Waals surface area contributed by atoms with Crippen LogP contribution >= 0.6 is 0 Å². The van der Waals surface area contributed by atoms with Crippen molar-refractivity contribution in [3.05, 3.63) is 54.9 Å². The molecule has 1 N–H and O–H groups in total. The minimum absolute atomic E-state index is 0.192. The quantitative estimate of drug-likeness (QED) is 0.786. The van der Waals surface area contributed by atoms with E-state index in [9.17, 15) is 4.79 Å². The van der Waals surface area contributed by atoms with Gasteiger partial charge in [0.25, 0.3) is 5.91 Å². The third-order valence-electron chi connectivity index (χ3n) is 3.47. The summed E-state index contributed by atoms with van der Waals surface area (Å²) in [5.74, 6) is 1.01. The molecule has 6 heteroatoms. The van der Waals surface area contributed by atoms with Crippen molar-refractivity contribution in [3.8, 4) is 11.5 Å². The van der Waals surface area contributed by atoms with Gasteiger partial charge in [0.15, 0.2) is 11.5 Å². The molecule has 0 bridgehead atoms. The number of ether oxygens (including phenoxy) is 2. The highest BCUT2D eigenvalue weighted by atomic mass is 16.6. The van der Waals surface area contributed by atoms with Crippen LogP contribution in [0.1, 0.15) is 0 Å². The number of hydrogen-bond donors (Lipinski definition) is 1. The smallest absolute Gasteiger partial charge is 0.269 e. The zero-order valence-electron chi connectivity index (χ0n) is 11.6. The van der Waals surface area contributed by atoms with Gasteiger partial charge in [-0.2, -0.15) is 5.10 Å². The third kappa shape index (κ3) is 2.24. The van der Waals surface area contributed by atoms with Crippen molar-refractivity contribution in [2.75, 3.05) is 11.9 Å². The third-order valence-corrected chi connectivity index (χ3v) is 3.47. The van der Waals surface area contributed by atoms with Gasteiger partial charge in [0, 0.05) is 18.1 Å². The lowest BCUT2D eigenvalue weighted by atomic mass is 10.2. The lowest BCUT2D eigenvalue weighted by molar-refractivity contribution is -0.125. The van der Waals surface area contributed by atoms with Crippen LogP contribution in [-0.2, 0) is 4.79 Å². The second-order valence-corrected chi connectivity index (χ2v) is 4.97. The summed E-state index contributed by atoms with van der Waals surface area (Å²) < 4.78 is 13.0. The highest BCUT2D eigenvalue weighted by Crippen LogP contribution is 2.31. The maximum atomic E-state index is 12.3. The predicted molar refractivity (Wildman–Crippen MR) is 80.2 cm³/mol. The van der Waals surface area contributed by atoms with Gasteiger partial charge in [0.2, 0.25) is 6.10 Å². The summed E-state index contributed by atoms with van der Waals surface area (Å²) in [5.41, 5.74) is 1.60. The lowest BCUT2D eigenvalue weighted by Gasteiger charge is -2.25. The number of anilines is 1. The number of nitrogens with zero attached hydrogens (tertiary/aromatic N) is 2. The van der Waals surface area contributed by atoms with Crippen molar-refractivity contribution in [2.24, 2.45) is 0 Å². The number of carbonyl (C=O) groups is 1. The highest BCUT2D eigenvalue weighted by molar-refractivity contribution is 5.95. The Bertz CT molecular complexity index is 843. The number of fused-ring (bicyclic) bond motifs is 2. The minimum atomic E-state index is -0.670. The summed E-state index contributed by atoms with van der Waals surface area (Å²) in [6.07, 6.45) is 2.82. The van der Waals surface area contributed by atoms with E-state index >= 15 is 0 Å². The standard InChI is InChI=1S/C16H13N3O3/c20-16(15-10-21-13-3-1-2-4-14(13)22-15)18-11-6-8-19-12(9-11)5-7-17-19/h1-9,15H,10H2,(H,18,20). The molecule has 0 aliphatic carbocycles. The van der Waals surface area contributed by atoms with E-state index in [2.05, 4.69) is 10.4 Å². The molecular formula is C16H13N3O3. The van der Waals surface area contributed by atoms with Gasteiger partial charge < -0.3 is 14.8 Å². The summed E-state index contributed by atoms with van der Waals surface area (Å²) in [6.45, 7) is 0.192. The molecular weight excluding hydrogens is 282 g/mol. The summed E-state index contributed by atoms with van der Waals surface area (Å²) in [4.78, 5) is 12.3. The molecule has 3 heterocycles. The Hall–Kier alpha value is -3.02. The predicted octanol–water partition coefficient (Wildman–Crippen LogP) is 2.11. The molecule has 4 rings (SSSR count). The number of hydrogen-bond acceptors (Lipinski definition) is 4. The largest absolute Gasteiger partial charge is 0.485 e. The average Bonchev–Trinajstić information content (AvgIpc) is 3.02. The summed E-state index contributed by atoms with van der Waals surface area (Å²) >= 11 is 0. The van der Waals surface area contributed by atoms with Crippen molar-refractivity contribution in [1.82, 2.24) is 9.61 Å². The molecule has 0 saturated carbocycles. The van der Waals surface area contributed by atoms with Crippen LogP contribution < -0.4 is 14.8 Å². The molecule has 1 aliphatic rings. The van der Waals surface area contributed by atoms with Crippen LogP contribution in [0.15, 0.2) is 54.9 Å². The van der Waals surface area contributed by atoms with Gasteiger partial charge in [-0.15, -0.1) is 0 Å². The van der Waals surface area contributed by atoms with Crippen LogP contribution in [0.5, 0.6) is 11.5 Å². The van der Waals surface area contributed by atoms with Gasteiger partial charge in [0.1, 0.15) is 6.61 Å². The van der Waals surface area contributed by atoms with Crippen LogP contribution in [-0.4, -0.2) is 28.2 Å². The molecule has 0 saturated heterocycles. The van der Waals surface area contributed by atoms with E-state index in [4.69, 9.17) is 9.47 Å². The number of carbonyl (C=O) groups excluding carboxylic acids is 1. The van der Waals surface area contributed by atoms with E-state index in [0.29, 0.717) is 17.2 Å². The maximum absolute atomic E-state index is 12.3. The van der Waals surface area contributed by atoms with E-state index < -0.39 is 6.10 Å². The molecule has 0 radical (unpaired) electrons. The Morgan fingerprint density at radius 2 is 2.09 bits per heavy atom. The first kappa shape index (κ1) is 12.7. The van der Waals surface area contributed by atoms with E-state index in [1.807, 2.05) is 30.3 Å². The van der Waals surface area contributed by atoms with Crippen molar-refractivity contribution >= 4 is 17.1 Å². The molecule has 22 heavy (non-hydrogen) atoms. The molecule has 2 aromatic heterocycles. The molecule has 3 aromatic rings. The first-order valence-electron chi connectivity index (χ1n) is 6.92. The van der Waals surface area contributed by atoms with Gasteiger partial charge in [0.05, 0.1) is 5.52 Å². The number of rotatable bonds is 2. The Labute approximate surface area is 126 Å². The monoisotopic (exact) mass is 295 g/mol. The summed E-state index contributed by atoms with van der Waals surface area (Å²) in [7, 11) is 0. The van der Waals surface area contributed by atoms with E-state index in [-0.39, 0.29) is 12.5 Å². The number of nitrogens with one attached hydrogen (secondary N) is 1. The number of pyridine rings is 1. The second-order valence-electron chi connectivity index (χ2n) is 4.97. The second kappa shape index (κ2) is 5.07.